The summed E-state index contributed by atoms with van der Waals surface area (Å²) in [7, 11) is 1.60. The first-order valence-electron chi connectivity index (χ1n) is 8.97. The molecule has 0 bridgehead atoms. The van der Waals surface area contributed by atoms with Crippen LogP contribution in [0, 0.1) is 0 Å². The van der Waals surface area contributed by atoms with Crippen LogP contribution in [-0.2, 0) is 9.59 Å². The molecule has 1 aromatic carbocycles. The van der Waals surface area contributed by atoms with Crippen molar-refractivity contribution in [2.75, 3.05) is 43.2 Å². The Morgan fingerprint density at radius 1 is 1.00 bits per heavy atom. The van der Waals surface area contributed by atoms with E-state index in [1.54, 1.807) is 42.8 Å². The Balaban J connectivity index is 1.58. The van der Waals surface area contributed by atoms with Crippen molar-refractivity contribution in [2.45, 2.75) is 6.17 Å². The van der Waals surface area contributed by atoms with E-state index in [0.29, 0.717) is 5.75 Å². The molecular weight excluding hydrogens is 448 g/mol. The molecule has 0 saturated heterocycles. The molecule has 2 aliphatic heterocycles. The number of benzene rings is 1. The maximum Gasteiger partial charge on any atom is 0.232 e. The molecule has 0 radical (unpaired) electrons. The second-order valence-corrected chi connectivity index (χ2v) is 10.5. The average Bonchev–Trinajstić information content (AvgIpc) is 3.44. The van der Waals surface area contributed by atoms with Crippen molar-refractivity contribution in [3.05, 3.63) is 29.8 Å². The third kappa shape index (κ3) is 7.47. The Morgan fingerprint density at radius 2 is 1.52 bits per heavy atom. The molecule has 29 heavy (non-hydrogen) atoms. The lowest BCUT2D eigenvalue weighted by molar-refractivity contribution is -0.121. The number of nitrogens with one attached hydrogen (secondary N) is 2. The predicted molar refractivity (Wildman–Crippen MR) is 126 cm³/mol. The SMILES string of the molecule is COc1ccc(C(NC(=O)CSC2=NCCS2)NC(=O)CSC2=NCCS2)cc1. The number of thioether (sulfide) groups is 4. The summed E-state index contributed by atoms with van der Waals surface area (Å²) in [6, 6.07) is 7.27. The van der Waals surface area contributed by atoms with Gasteiger partial charge in [0.25, 0.3) is 0 Å². The van der Waals surface area contributed by atoms with Crippen LogP contribution in [0.1, 0.15) is 11.7 Å². The molecule has 2 amide bonds. The number of hydrogen-bond donors (Lipinski definition) is 2. The molecule has 11 heteroatoms. The van der Waals surface area contributed by atoms with Gasteiger partial charge in [-0.2, -0.15) is 0 Å². The Labute approximate surface area is 187 Å². The molecule has 0 aromatic heterocycles. The zero-order valence-electron chi connectivity index (χ0n) is 15.9. The summed E-state index contributed by atoms with van der Waals surface area (Å²) in [5, 5.41) is 5.82. The number of hydrogen-bond acceptors (Lipinski definition) is 9. The zero-order chi connectivity index (χ0) is 20.5. The number of nitrogens with zero attached hydrogens (tertiary/aromatic N) is 2. The van der Waals surface area contributed by atoms with Gasteiger partial charge in [0, 0.05) is 11.5 Å². The first-order valence-corrected chi connectivity index (χ1v) is 12.9. The third-order valence-electron chi connectivity index (χ3n) is 3.83. The molecule has 7 nitrogen and oxygen atoms in total. The average molecular weight is 471 g/mol. The molecule has 0 spiro atoms. The van der Waals surface area contributed by atoms with Crippen LogP contribution < -0.4 is 15.4 Å². The number of carbonyl (C=O) groups is 2. The maximum absolute atomic E-state index is 12.5. The second-order valence-electron chi connectivity index (χ2n) is 5.91. The Hall–Kier alpha value is -1.30. The smallest absolute Gasteiger partial charge is 0.232 e. The molecule has 3 rings (SSSR count). The van der Waals surface area contributed by atoms with Gasteiger partial charge in [-0.3, -0.25) is 19.6 Å². The van der Waals surface area contributed by atoms with Crippen LogP contribution >= 0.6 is 47.0 Å². The highest BCUT2D eigenvalue weighted by atomic mass is 32.2. The monoisotopic (exact) mass is 470 g/mol. The van der Waals surface area contributed by atoms with E-state index >= 15 is 0 Å². The summed E-state index contributed by atoms with van der Waals surface area (Å²) in [5.74, 6) is 2.85. The van der Waals surface area contributed by atoms with Crippen molar-refractivity contribution in [3.8, 4) is 5.75 Å². The first-order chi connectivity index (χ1) is 14.1. The lowest BCUT2D eigenvalue weighted by Gasteiger charge is -2.21. The summed E-state index contributed by atoms with van der Waals surface area (Å²) in [4.78, 5) is 33.6. The van der Waals surface area contributed by atoms with E-state index in [1.807, 2.05) is 12.1 Å². The largest absolute Gasteiger partial charge is 0.497 e. The molecule has 0 atom stereocenters. The molecular formula is C18H22N4O3S4. The quantitative estimate of drug-likeness (QED) is 0.564. The Bertz CT molecular complexity index is 744. The Kier molecular flexibility index (Phi) is 9.09. The number of ether oxygens (including phenoxy) is 1. The zero-order valence-corrected chi connectivity index (χ0v) is 19.1. The van der Waals surface area contributed by atoms with E-state index in [4.69, 9.17) is 4.74 Å². The van der Waals surface area contributed by atoms with Gasteiger partial charge in [-0.1, -0.05) is 59.2 Å². The van der Waals surface area contributed by atoms with E-state index < -0.39 is 6.17 Å². The first kappa shape index (κ1) is 22.4. The van der Waals surface area contributed by atoms with Crippen LogP contribution in [0.25, 0.3) is 0 Å². The summed E-state index contributed by atoms with van der Waals surface area (Å²) in [5.41, 5.74) is 0.780. The summed E-state index contributed by atoms with van der Waals surface area (Å²) in [6.07, 6.45) is -0.613. The normalized spacial score (nSPS) is 15.8. The van der Waals surface area contributed by atoms with Gasteiger partial charge in [-0.25, -0.2) is 0 Å². The lowest BCUT2D eigenvalue weighted by Crippen LogP contribution is -2.42. The van der Waals surface area contributed by atoms with Crippen LogP contribution in [0.4, 0.5) is 0 Å². The van der Waals surface area contributed by atoms with Crippen molar-refractivity contribution < 1.29 is 14.3 Å². The molecule has 0 fully saturated rings. The topological polar surface area (TPSA) is 92.1 Å². The highest BCUT2D eigenvalue weighted by Crippen LogP contribution is 2.23. The third-order valence-corrected chi connectivity index (χ3v) is 8.33. The molecule has 156 valence electrons. The summed E-state index contributed by atoms with van der Waals surface area (Å²) in [6.45, 7) is 1.61. The highest BCUT2D eigenvalue weighted by molar-refractivity contribution is 8.39. The Morgan fingerprint density at radius 3 is 1.93 bits per heavy atom. The van der Waals surface area contributed by atoms with Crippen LogP contribution in [0.15, 0.2) is 34.3 Å². The molecule has 2 N–H and O–H groups in total. The van der Waals surface area contributed by atoms with Gasteiger partial charge in [0.15, 0.2) is 0 Å². The summed E-state index contributed by atoms with van der Waals surface area (Å²) >= 11 is 6.19. The number of aliphatic imine (C=N–C) groups is 2. The van der Waals surface area contributed by atoms with Gasteiger partial charge in [0.2, 0.25) is 11.8 Å². The predicted octanol–water partition coefficient (Wildman–Crippen LogP) is 2.60. The lowest BCUT2D eigenvalue weighted by atomic mass is 10.1. The van der Waals surface area contributed by atoms with Gasteiger partial charge in [-0.15, -0.1) is 0 Å². The number of amides is 2. The molecule has 0 unspecified atom stereocenters. The van der Waals surface area contributed by atoms with E-state index in [1.165, 1.54) is 23.5 Å². The van der Waals surface area contributed by atoms with Crippen molar-refractivity contribution in [1.82, 2.24) is 10.6 Å². The highest BCUT2D eigenvalue weighted by Gasteiger charge is 2.19. The van der Waals surface area contributed by atoms with Crippen molar-refractivity contribution in [2.24, 2.45) is 9.98 Å². The standard InChI is InChI=1S/C18H22N4O3S4/c1-25-13-4-2-12(3-5-13)16(21-14(23)10-28-17-19-6-8-26-17)22-15(24)11-29-18-20-7-9-27-18/h2-5,16H,6-11H2,1H3,(H,21,23)(H,22,24). The van der Waals surface area contributed by atoms with E-state index in [9.17, 15) is 9.59 Å². The van der Waals surface area contributed by atoms with Gasteiger partial charge in [0.05, 0.1) is 31.7 Å². The van der Waals surface area contributed by atoms with Crippen molar-refractivity contribution in [1.29, 1.82) is 0 Å². The van der Waals surface area contributed by atoms with E-state index in [0.717, 1.165) is 38.9 Å². The minimum absolute atomic E-state index is 0.158. The molecule has 0 aliphatic carbocycles. The fraction of sp³-hybridized carbons (Fsp3) is 0.444. The van der Waals surface area contributed by atoms with Gasteiger partial charge < -0.3 is 15.4 Å². The van der Waals surface area contributed by atoms with Crippen molar-refractivity contribution >= 4 is 67.6 Å². The number of rotatable bonds is 8. The summed E-state index contributed by atoms with van der Waals surface area (Å²) < 4.78 is 7.07. The van der Waals surface area contributed by atoms with Crippen LogP contribution in [0.3, 0.4) is 0 Å². The van der Waals surface area contributed by atoms with E-state index in [-0.39, 0.29) is 23.3 Å². The van der Waals surface area contributed by atoms with Gasteiger partial charge >= 0.3 is 0 Å². The fourth-order valence-electron chi connectivity index (χ4n) is 2.46. The minimum atomic E-state index is -0.613. The minimum Gasteiger partial charge on any atom is -0.497 e. The second kappa shape index (κ2) is 11.8. The molecule has 2 heterocycles. The number of carbonyl (C=O) groups excluding carboxylic acids is 2. The van der Waals surface area contributed by atoms with Gasteiger partial charge in [0.1, 0.15) is 20.7 Å². The molecule has 2 aliphatic rings. The van der Waals surface area contributed by atoms with Crippen LogP contribution in [0.5, 0.6) is 5.75 Å². The maximum atomic E-state index is 12.5. The van der Waals surface area contributed by atoms with E-state index in [2.05, 4.69) is 20.6 Å². The van der Waals surface area contributed by atoms with Gasteiger partial charge in [-0.05, 0) is 17.7 Å². The van der Waals surface area contributed by atoms with Crippen LogP contribution in [-0.4, -0.2) is 63.8 Å². The molecule has 0 saturated carbocycles. The fourth-order valence-corrected chi connectivity index (χ4v) is 6.11. The van der Waals surface area contributed by atoms with Crippen LogP contribution in [0.2, 0.25) is 0 Å². The van der Waals surface area contributed by atoms with Crippen molar-refractivity contribution in [3.63, 3.8) is 0 Å². The molecule has 1 aromatic rings. The number of methoxy groups -OCH3 is 1.